The van der Waals surface area contributed by atoms with Crippen molar-refractivity contribution in [2.45, 2.75) is 19.4 Å². The first-order valence-corrected chi connectivity index (χ1v) is 11.2. The minimum absolute atomic E-state index is 0.0650. The Labute approximate surface area is 192 Å². The van der Waals surface area contributed by atoms with E-state index in [0.29, 0.717) is 28.1 Å². The van der Waals surface area contributed by atoms with Crippen LogP contribution in [0.2, 0.25) is 0 Å². The molecular weight excluding hydrogens is 420 g/mol. The molecule has 2 fully saturated rings. The highest BCUT2D eigenvalue weighted by Crippen LogP contribution is 2.39. The summed E-state index contributed by atoms with van der Waals surface area (Å²) in [5.41, 5.74) is 2.83. The first-order valence-electron chi connectivity index (χ1n) is 11.2. The monoisotopic (exact) mass is 448 g/mol. The van der Waals surface area contributed by atoms with Crippen LogP contribution in [-0.2, 0) is 16.5 Å². The predicted octanol–water partition coefficient (Wildman–Crippen LogP) is 3.12. The van der Waals surface area contributed by atoms with Crippen molar-refractivity contribution in [1.82, 2.24) is 9.55 Å². The molecule has 1 spiro atoms. The Morgan fingerprint density at radius 1 is 1.21 bits per heavy atom. The first-order chi connectivity index (χ1) is 15.9. The number of para-hydroxylation sites is 2. The molecule has 2 aromatic carbocycles. The molecule has 8 heteroatoms. The number of methoxy groups -OCH3 is 1. The largest absolute Gasteiger partial charge is 0.465 e. The van der Waals surface area contributed by atoms with Gasteiger partial charge in [-0.3, -0.25) is 9.36 Å². The van der Waals surface area contributed by atoms with Gasteiger partial charge in [0, 0.05) is 36.8 Å². The van der Waals surface area contributed by atoms with E-state index in [9.17, 15) is 9.59 Å². The van der Waals surface area contributed by atoms with Gasteiger partial charge in [0.15, 0.2) is 0 Å². The van der Waals surface area contributed by atoms with Gasteiger partial charge in [-0.2, -0.15) is 0 Å². The smallest absolute Gasteiger partial charge is 0.339 e. The van der Waals surface area contributed by atoms with Crippen LogP contribution in [0.15, 0.2) is 47.3 Å². The number of fused-ring (bicyclic) bond motifs is 1. The zero-order valence-corrected chi connectivity index (χ0v) is 19.1. The number of benzene rings is 2. The predicted molar refractivity (Wildman–Crippen MR) is 127 cm³/mol. The van der Waals surface area contributed by atoms with Gasteiger partial charge in [-0.25, -0.2) is 9.78 Å². The fourth-order valence-electron chi connectivity index (χ4n) is 4.88. The maximum absolute atomic E-state index is 13.3. The fraction of sp³-hybridized carbons (Fsp3) is 0.400. The van der Waals surface area contributed by atoms with Crippen molar-refractivity contribution in [3.8, 4) is 0 Å². The Morgan fingerprint density at radius 2 is 2.00 bits per heavy atom. The number of nitrogens with one attached hydrogen (secondary N) is 1. The number of aromatic nitrogens is 2. The minimum atomic E-state index is -0.402. The van der Waals surface area contributed by atoms with Gasteiger partial charge in [-0.1, -0.05) is 24.3 Å². The second kappa shape index (κ2) is 8.19. The second-order valence-corrected chi connectivity index (χ2v) is 9.09. The third kappa shape index (κ3) is 3.64. The highest BCUT2D eigenvalue weighted by molar-refractivity contribution is 5.95. The number of ether oxygens (including phenoxy) is 2. The third-order valence-electron chi connectivity index (χ3n) is 6.82. The van der Waals surface area contributed by atoms with Crippen LogP contribution in [0.5, 0.6) is 0 Å². The molecule has 2 aliphatic heterocycles. The standard InChI is InChI=1S/C25H28N4O4/c1-16(26-20-10-5-4-7-18(20)23(31)32-3)17-8-6-9-19-21(17)27-24(28(2)22(19)30)29-12-11-25(13-29)14-33-15-25/h4-10,16,26H,11-15H2,1-3H3. The maximum Gasteiger partial charge on any atom is 0.339 e. The Balaban J connectivity index is 1.53. The minimum Gasteiger partial charge on any atom is -0.465 e. The van der Waals surface area contributed by atoms with E-state index in [1.165, 1.54) is 7.11 Å². The lowest BCUT2D eigenvalue weighted by Gasteiger charge is -2.37. The number of esters is 1. The lowest BCUT2D eigenvalue weighted by Crippen LogP contribution is -2.45. The molecule has 1 aromatic heterocycles. The third-order valence-corrected chi connectivity index (χ3v) is 6.82. The van der Waals surface area contributed by atoms with E-state index in [-0.39, 0.29) is 17.0 Å². The van der Waals surface area contributed by atoms with Crippen molar-refractivity contribution < 1.29 is 14.3 Å². The average Bonchev–Trinajstić information content (AvgIpc) is 3.27. The van der Waals surface area contributed by atoms with E-state index in [0.717, 1.165) is 38.3 Å². The summed E-state index contributed by atoms with van der Waals surface area (Å²) < 4.78 is 12.0. The van der Waals surface area contributed by atoms with E-state index < -0.39 is 5.97 Å². The summed E-state index contributed by atoms with van der Waals surface area (Å²) in [6.07, 6.45) is 1.05. The normalized spacial score (nSPS) is 17.7. The van der Waals surface area contributed by atoms with Crippen molar-refractivity contribution in [1.29, 1.82) is 0 Å². The Hall–Kier alpha value is -3.39. The molecule has 3 aromatic rings. The molecule has 1 N–H and O–H groups in total. The van der Waals surface area contributed by atoms with Gasteiger partial charge in [0.2, 0.25) is 5.95 Å². The maximum atomic E-state index is 13.3. The molecule has 0 bridgehead atoms. The number of hydrogen-bond acceptors (Lipinski definition) is 7. The highest BCUT2D eigenvalue weighted by Gasteiger charge is 2.45. The van der Waals surface area contributed by atoms with Crippen LogP contribution in [0.1, 0.15) is 35.3 Å². The summed E-state index contributed by atoms with van der Waals surface area (Å²) in [5, 5.41) is 3.99. The lowest BCUT2D eigenvalue weighted by molar-refractivity contribution is -0.0985. The van der Waals surface area contributed by atoms with Crippen LogP contribution in [0.4, 0.5) is 11.6 Å². The molecule has 2 saturated heterocycles. The van der Waals surface area contributed by atoms with Gasteiger partial charge in [0.1, 0.15) is 0 Å². The van der Waals surface area contributed by atoms with Crippen molar-refractivity contribution in [3.05, 3.63) is 63.9 Å². The highest BCUT2D eigenvalue weighted by atomic mass is 16.5. The van der Waals surface area contributed by atoms with Crippen LogP contribution in [-0.4, -0.2) is 48.9 Å². The fourth-order valence-corrected chi connectivity index (χ4v) is 4.88. The SMILES string of the molecule is COC(=O)c1ccccc1NC(C)c1cccc2c(=O)n(C)c(N3CCC4(COC4)C3)nc12. The van der Waals surface area contributed by atoms with E-state index >= 15 is 0 Å². The van der Waals surface area contributed by atoms with Crippen molar-refractivity contribution >= 4 is 28.5 Å². The lowest BCUT2D eigenvalue weighted by atomic mass is 9.85. The number of rotatable bonds is 5. The summed E-state index contributed by atoms with van der Waals surface area (Å²) in [6.45, 7) is 5.25. The van der Waals surface area contributed by atoms with Gasteiger partial charge in [-0.15, -0.1) is 0 Å². The van der Waals surface area contributed by atoms with Gasteiger partial charge in [0.25, 0.3) is 5.56 Å². The van der Waals surface area contributed by atoms with Crippen molar-refractivity contribution in [2.75, 3.05) is 43.6 Å². The van der Waals surface area contributed by atoms with Crippen molar-refractivity contribution in [3.63, 3.8) is 0 Å². The summed E-state index contributed by atoms with van der Waals surface area (Å²) >= 11 is 0. The van der Waals surface area contributed by atoms with E-state index in [1.807, 2.05) is 37.3 Å². The molecule has 172 valence electrons. The summed E-state index contributed by atoms with van der Waals surface area (Å²) in [6, 6.07) is 12.7. The molecular formula is C25H28N4O4. The zero-order valence-electron chi connectivity index (χ0n) is 19.1. The molecule has 0 radical (unpaired) electrons. The van der Waals surface area contributed by atoms with E-state index in [1.54, 1.807) is 23.7 Å². The van der Waals surface area contributed by atoms with Gasteiger partial charge in [0.05, 0.1) is 42.8 Å². The molecule has 1 atom stereocenters. The summed E-state index contributed by atoms with van der Waals surface area (Å²) in [7, 11) is 3.15. The number of carbonyl (C=O) groups is 1. The molecule has 2 aliphatic rings. The molecule has 3 heterocycles. The van der Waals surface area contributed by atoms with Crippen LogP contribution in [0, 0.1) is 5.41 Å². The molecule has 33 heavy (non-hydrogen) atoms. The average molecular weight is 449 g/mol. The van der Waals surface area contributed by atoms with Crippen LogP contribution >= 0.6 is 0 Å². The van der Waals surface area contributed by atoms with Gasteiger partial charge < -0.3 is 19.7 Å². The van der Waals surface area contributed by atoms with Gasteiger partial charge >= 0.3 is 5.97 Å². The summed E-state index contributed by atoms with van der Waals surface area (Å²) in [4.78, 5) is 32.6. The topological polar surface area (TPSA) is 85.7 Å². The molecule has 8 nitrogen and oxygen atoms in total. The van der Waals surface area contributed by atoms with E-state index in [2.05, 4.69) is 10.2 Å². The molecule has 1 unspecified atom stereocenters. The number of carbonyl (C=O) groups excluding carboxylic acids is 1. The second-order valence-electron chi connectivity index (χ2n) is 9.09. The van der Waals surface area contributed by atoms with Crippen LogP contribution in [0.25, 0.3) is 10.9 Å². The Kier molecular flexibility index (Phi) is 5.32. The van der Waals surface area contributed by atoms with Crippen LogP contribution < -0.4 is 15.8 Å². The summed E-state index contributed by atoms with van der Waals surface area (Å²) in [5.74, 6) is 0.284. The van der Waals surface area contributed by atoms with Crippen molar-refractivity contribution in [2.24, 2.45) is 12.5 Å². The zero-order chi connectivity index (χ0) is 23.2. The number of anilines is 2. The first kappa shape index (κ1) is 21.5. The van der Waals surface area contributed by atoms with Gasteiger partial charge in [-0.05, 0) is 31.5 Å². The Morgan fingerprint density at radius 3 is 2.70 bits per heavy atom. The quantitative estimate of drug-likeness (QED) is 0.600. The molecule has 5 rings (SSSR count). The number of nitrogens with zero attached hydrogens (tertiary/aromatic N) is 3. The van der Waals surface area contributed by atoms with Crippen LogP contribution in [0.3, 0.4) is 0 Å². The molecule has 0 amide bonds. The Bertz CT molecular complexity index is 1280. The molecule has 0 saturated carbocycles. The number of hydrogen-bond donors (Lipinski definition) is 1. The molecule has 0 aliphatic carbocycles. The van der Waals surface area contributed by atoms with E-state index in [4.69, 9.17) is 14.5 Å².